The van der Waals surface area contributed by atoms with Crippen molar-refractivity contribution in [2.45, 2.75) is 58.9 Å². The summed E-state index contributed by atoms with van der Waals surface area (Å²) in [4.78, 5) is 0. The molecule has 2 nitrogen and oxygen atoms in total. The first-order valence-corrected chi connectivity index (χ1v) is 7.47. The van der Waals surface area contributed by atoms with E-state index in [1.165, 1.54) is 37.9 Å². The van der Waals surface area contributed by atoms with E-state index in [0.717, 1.165) is 11.7 Å². The van der Waals surface area contributed by atoms with Gasteiger partial charge in [-0.1, -0.05) is 46.5 Å². The Morgan fingerprint density at radius 2 is 2.00 bits per heavy atom. The number of rotatable bonds is 10. The van der Waals surface area contributed by atoms with Crippen LogP contribution in [-0.4, -0.2) is 17.5 Å². The summed E-state index contributed by atoms with van der Waals surface area (Å²) >= 11 is 1.97. The fourth-order valence-electron chi connectivity index (χ4n) is 1.83. The van der Waals surface area contributed by atoms with Crippen molar-refractivity contribution >= 4 is 11.8 Å². The molecule has 2 atom stereocenters. The van der Waals surface area contributed by atoms with Crippen LogP contribution in [0.1, 0.15) is 52.9 Å². The van der Waals surface area contributed by atoms with Gasteiger partial charge in [0.1, 0.15) is 0 Å². The average Bonchev–Trinajstić information content (AvgIpc) is 2.28. The summed E-state index contributed by atoms with van der Waals surface area (Å²) in [5.41, 5.74) is 2.96. The van der Waals surface area contributed by atoms with Gasteiger partial charge in [-0.2, -0.15) is 11.8 Å². The summed E-state index contributed by atoms with van der Waals surface area (Å²) in [6, 6.07) is 0.497. The van der Waals surface area contributed by atoms with Crippen molar-refractivity contribution in [1.82, 2.24) is 5.43 Å². The van der Waals surface area contributed by atoms with Gasteiger partial charge in [0, 0.05) is 11.8 Å². The smallest absolute Gasteiger partial charge is 0.0303 e. The van der Waals surface area contributed by atoms with Crippen LogP contribution in [0.25, 0.3) is 0 Å². The Morgan fingerprint density at radius 3 is 2.47 bits per heavy atom. The normalized spacial score (nSPS) is 15.2. The number of unbranched alkanes of at least 4 members (excludes halogenated alkanes) is 1. The molecule has 0 spiro atoms. The molecule has 0 bridgehead atoms. The van der Waals surface area contributed by atoms with Gasteiger partial charge < -0.3 is 0 Å². The van der Waals surface area contributed by atoms with E-state index in [2.05, 4.69) is 26.2 Å². The topological polar surface area (TPSA) is 38.0 Å². The molecule has 15 heavy (non-hydrogen) atoms. The van der Waals surface area contributed by atoms with E-state index in [1.807, 2.05) is 11.8 Å². The molecule has 0 aliphatic heterocycles. The number of thioether (sulfide) groups is 1. The second-order valence-corrected chi connectivity index (χ2v) is 5.49. The fraction of sp³-hybridized carbons (Fsp3) is 1.00. The molecule has 0 aromatic carbocycles. The highest BCUT2D eigenvalue weighted by Gasteiger charge is 2.13. The Kier molecular flexibility index (Phi) is 11.0. The largest absolute Gasteiger partial charge is 0.271 e. The minimum Gasteiger partial charge on any atom is -0.271 e. The van der Waals surface area contributed by atoms with E-state index in [0.29, 0.717) is 6.04 Å². The molecule has 0 saturated heterocycles. The minimum atomic E-state index is 0.497. The number of hydrogen-bond donors (Lipinski definition) is 2. The van der Waals surface area contributed by atoms with Crippen LogP contribution < -0.4 is 11.3 Å². The maximum atomic E-state index is 5.58. The molecular formula is C12H28N2S. The zero-order valence-corrected chi connectivity index (χ0v) is 11.4. The van der Waals surface area contributed by atoms with Crippen molar-refractivity contribution in [2.75, 3.05) is 11.5 Å². The lowest BCUT2D eigenvalue weighted by Gasteiger charge is -2.21. The van der Waals surface area contributed by atoms with Crippen LogP contribution in [-0.2, 0) is 0 Å². The second kappa shape index (κ2) is 10.8. The lowest BCUT2D eigenvalue weighted by atomic mass is 9.93. The molecule has 0 aliphatic rings. The number of nitrogens with two attached hydrogens (primary N) is 1. The van der Waals surface area contributed by atoms with Crippen molar-refractivity contribution in [3.05, 3.63) is 0 Å². The highest BCUT2D eigenvalue weighted by atomic mass is 32.2. The van der Waals surface area contributed by atoms with Gasteiger partial charge in [-0.3, -0.25) is 11.3 Å². The number of hydrazine groups is 1. The zero-order valence-electron chi connectivity index (χ0n) is 10.6. The monoisotopic (exact) mass is 232 g/mol. The van der Waals surface area contributed by atoms with Crippen LogP contribution in [0, 0.1) is 5.92 Å². The first kappa shape index (κ1) is 15.3. The molecule has 0 saturated carbocycles. The van der Waals surface area contributed by atoms with Gasteiger partial charge in [0.2, 0.25) is 0 Å². The number of hydrogen-bond acceptors (Lipinski definition) is 3. The van der Waals surface area contributed by atoms with Crippen LogP contribution in [0.15, 0.2) is 0 Å². The van der Waals surface area contributed by atoms with E-state index in [9.17, 15) is 0 Å². The quantitative estimate of drug-likeness (QED) is 0.449. The summed E-state index contributed by atoms with van der Waals surface area (Å²) in [5, 5.41) is 0. The Balaban J connectivity index is 3.77. The van der Waals surface area contributed by atoms with Gasteiger partial charge in [0.05, 0.1) is 0 Å². The van der Waals surface area contributed by atoms with E-state index in [-0.39, 0.29) is 0 Å². The molecule has 0 aromatic rings. The van der Waals surface area contributed by atoms with Crippen molar-refractivity contribution in [3.63, 3.8) is 0 Å². The highest BCUT2D eigenvalue weighted by Crippen LogP contribution is 2.19. The van der Waals surface area contributed by atoms with Crippen LogP contribution in [0.5, 0.6) is 0 Å². The maximum Gasteiger partial charge on any atom is 0.0303 e. The van der Waals surface area contributed by atoms with Gasteiger partial charge in [-0.15, -0.1) is 0 Å². The van der Waals surface area contributed by atoms with Gasteiger partial charge >= 0.3 is 0 Å². The zero-order chi connectivity index (χ0) is 11.5. The summed E-state index contributed by atoms with van der Waals surface area (Å²) in [6.07, 6.45) is 6.55. The molecule has 0 heterocycles. The van der Waals surface area contributed by atoms with Gasteiger partial charge in [0.25, 0.3) is 0 Å². The second-order valence-electron chi connectivity index (χ2n) is 4.18. The molecule has 0 amide bonds. The van der Waals surface area contributed by atoms with Gasteiger partial charge in [-0.05, 0) is 18.1 Å². The maximum absolute atomic E-state index is 5.58. The third-order valence-corrected chi connectivity index (χ3v) is 3.97. The molecule has 3 heteroatoms. The van der Waals surface area contributed by atoms with Gasteiger partial charge in [0.15, 0.2) is 0 Å². The van der Waals surface area contributed by atoms with E-state index in [1.54, 1.807) is 0 Å². The first-order chi connectivity index (χ1) is 7.28. The predicted molar refractivity (Wildman–Crippen MR) is 72.0 cm³/mol. The molecule has 0 aliphatic carbocycles. The lowest BCUT2D eigenvalue weighted by Crippen LogP contribution is -2.38. The number of nitrogens with one attached hydrogen (secondary N) is 1. The Hall–Kier alpha value is 0.270. The molecule has 0 radical (unpaired) electrons. The van der Waals surface area contributed by atoms with Crippen LogP contribution in [0.3, 0.4) is 0 Å². The molecule has 0 aromatic heterocycles. The third-order valence-electron chi connectivity index (χ3n) is 2.92. The SMILES string of the molecule is CCCCC(CC)CC(CSCC)NN. The lowest BCUT2D eigenvalue weighted by molar-refractivity contribution is 0.367. The summed E-state index contributed by atoms with van der Waals surface area (Å²) < 4.78 is 0. The summed E-state index contributed by atoms with van der Waals surface area (Å²) in [5.74, 6) is 8.77. The summed E-state index contributed by atoms with van der Waals surface area (Å²) in [7, 11) is 0. The molecule has 2 unspecified atom stereocenters. The molecule has 0 rings (SSSR count). The van der Waals surface area contributed by atoms with Crippen molar-refractivity contribution < 1.29 is 0 Å². The Morgan fingerprint density at radius 1 is 1.27 bits per heavy atom. The van der Waals surface area contributed by atoms with E-state index < -0.39 is 0 Å². The molecule has 0 fully saturated rings. The fourth-order valence-corrected chi connectivity index (χ4v) is 2.58. The Bertz CT molecular complexity index is 117. The van der Waals surface area contributed by atoms with Gasteiger partial charge in [-0.25, -0.2) is 0 Å². The average molecular weight is 232 g/mol. The van der Waals surface area contributed by atoms with E-state index in [4.69, 9.17) is 5.84 Å². The summed E-state index contributed by atoms with van der Waals surface area (Å²) in [6.45, 7) is 6.76. The van der Waals surface area contributed by atoms with Crippen molar-refractivity contribution in [1.29, 1.82) is 0 Å². The van der Waals surface area contributed by atoms with Crippen molar-refractivity contribution in [2.24, 2.45) is 11.8 Å². The van der Waals surface area contributed by atoms with Crippen LogP contribution in [0.2, 0.25) is 0 Å². The predicted octanol–water partition coefficient (Wildman–Crippen LogP) is 3.18. The molecular weight excluding hydrogens is 204 g/mol. The van der Waals surface area contributed by atoms with Crippen LogP contribution >= 0.6 is 11.8 Å². The first-order valence-electron chi connectivity index (χ1n) is 6.32. The molecule has 92 valence electrons. The highest BCUT2D eigenvalue weighted by molar-refractivity contribution is 7.99. The Labute approximate surface area is 99.7 Å². The molecule has 3 N–H and O–H groups in total. The minimum absolute atomic E-state index is 0.497. The third kappa shape index (κ3) is 8.12. The van der Waals surface area contributed by atoms with Crippen LogP contribution in [0.4, 0.5) is 0 Å². The van der Waals surface area contributed by atoms with E-state index >= 15 is 0 Å². The standard InChI is InChI=1S/C12H28N2S/c1-4-7-8-11(5-2)9-12(14-13)10-15-6-3/h11-12,14H,4-10,13H2,1-3H3. The van der Waals surface area contributed by atoms with Crippen molar-refractivity contribution in [3.8, 4) is 0 Å².